The highest BCUT2D eigenvalue weighted by atomic mass is 16.5. The third kappa shape index (κ3) is 15.3. The summed E-state index contributed by atoms with van der Waals surface area (Å²) in [6.45, 7) is 10.9. The molecule has 0 aromatic heterocycles. The van der Waals surface area contributed by atoms with Gasteiger partial charge in [0.05, 0.1) is 20.2 Å². The molecule has 18 heteroatoms. The number of hydrogen-bond acceptors (Lipinski definition) is 10. The Hall–Kier alpha value is -6.33. The Morgan fingerprint density at radius 1 is 0.653 bits per heavy atom. The van der Waals surface area contributed by atoms with Crippen LogP contribution in [0.1, 0.15) is 104 Å². The van der Waals surface area contributed by atoms with Crippen molar-refractivity contribution in [2.75, 3.05) is 54.4 Å². The zero-order valence-corrected chi connectivity index (χ0v) is 44.2. The van der Waals surface area contributed by atoms with E-state index in [-0.39, 0.29) is 30.6 Å². The predicted octanol–water partition coefficient (Wildman–Crippen LogP) is 3.35. The maximum Gasteiger partial charge on any atom is 0.328 e. The van der Waals surface area contributed by atoms with E-state index in [9.17, 15) is 43.2 Å². The third-order valence-corrected chi connectivity index (χ3v) is 14.4. The Morgan fingerprint density at radius 2 is 1.17 bits per heavy atom. The monoisotopic (exact) mass is 1000 g/mol. The molecule has 8 amide bonds. The summed E-state index contributed by atoms with van der Waals surface area (Å²) in [5.74, 6) is -5.48. The molecule has 2 aliphatic rings. The summed E-state index contributed by atoms with van der Waals surface area (Å²) in [5, 5.41) is 8.21. The van der Waals surface area contributed by atoms with Crippen LogP contribution in [-0.2, 0) is 60.7 Å². The molecular weight excluding hydrogens is 921 g/mol. The molecule has 2 aromatic rings. The first-order valence-electron chi connectivity index (χ1n) is 25.7. The van der Waals surface area contributed by atoms with Crippen LogP contribution in [-0.4, -0.2) is 168 Å². The molecule has 3 N–H and O–H groups in total. The van der Waals surface area contributed by atoms with Crippen LogP contribution in [0, 0.1) is 17.8 Å². The van der Waals surface area contributed by atoms with Crippen LogP contribution in [0.2, 0.25) is 0 Å². The van der Waals surface area contributed by atoms with Crippen LogP contribution in [0.5, 0.6) is 0 Å². The van der Waals surface area contributed by atoms with Crippen LogP contribution in [0.15, 0.2) is 60.7 Å². The number of likely N-dealkylation sites (tertiary alicyclic amines) is 2. The standard InChI is InChI=1S/C54H80N8O10/c1-11-13-22-37(6)51(68)61-29-20-27-40(61)52(69)59(8)42(31-38-23-16-14-17-24-38)48(65)55-34-45(64)60(9)47(35(3)4)50(67)57-46(36(5)12-2)49(66)56-33-44(63)58(7)43(32-39-25-18-15-19-26-39)53(70)62-30-21-28-41(62)54(71)72-10/h14-19,23-26,35-37,40-43,46-47H,11-13,20-22,27-34H2,1-10H3,(H,55,65)(H,56,66)(H,57,67)/t36-,37?,40-,41-,42-,43-,46-,47+/m0/s1. The van der Waals surface area contributed by atoms with Gasteiger partial charge in [0.1, 0.15) is 36.3 Å². The largest absolute Gasteiger partial charge is 0.467 e. The van der Waals surface area contributed by atoms with Gasteiger partial charge in [-0.15, -0.1) is 0 Å². The number of likely N-dealkylation sites (N-methyl/N-ethyl adjacent to an activating group) is 3. The average molecular weight is 1000 g/mol. The number of hydrogen-bond donors (Lipinski definition) is 3. The number of unbranched alkanes of at least 4 members (excludes halogenated alkanes) is 1. The van der Waals surface area contributed by atoms with E-state index in [0.717, 1.165) is 30.4 Å². The van der Waals surface area contributed by atoms with E-state index < -0.39 is 103 Å². The topological polar surface area (TPSA) is 215 Å². The van der Waals surface area contributed by atoms with Gasteiger partial charge in [-0.25, -0.2) is 4.79 Å². The molecule has 4 rings (SSSR count). The van der Waals surface area contributed by atoms with Crippen molar-refractivity contribution in [2.45, 2.75) is 142 Å². The second-order valence-corrected chi connectivity index (χ2v) is 19.8. The van der Waals surface area contributed by atoms with Gasteiger partial charge in [0.15, 0.2) is 0 Å². The quantitative estimate of drug-likeness (QED) is 0.123. The molecule has 2 heterocycles. The molecule has 0 spiro atoms. The maximum absolute atomic E-state index is 14.2. The number of esters is 1. The number of nitrogens with one attached hydrogen (secondary N) is 3. The Bertz CT molecular complexity index is 2180. The lowest BCUT2D eigenvalue weighted by Gasteiger charge is -2.34. The first-order chi connectivity index (χ1) is 34.3. The summed E-state index contributed by atoms with van der Waals surface area (Å²) in [6.07, 6.45) is 5.53. The van der Waals surface area contributed by atoms with Crippen molar-refractivity contribution >= 4 is 53.2 Å². The van der Waals surface area contributed by atoms with Gasteiger partial charge in [0.25, 0.3) is 0 Å². The number of ether oxygens (including phenoxy) is 1. The first-order valence-corrected chi connectivity index (χ1v) is 25.7. The first kappa shape index (κ1) is 58.2. The van der Waals surface area contributed by atoms with Crippen LogP contribution in [0.3, 0.4) is 0 Å². The lowest BCUT2D eigenvalue weighted by Crippen LogP contribution is -2.59. The fourth-order valence-electron chi connectivity index (χ4n) is 9.66. The van der Waals surface area contributed by atoms with Crippen molar-refractivity contribution in [3.05, 3.63) is 71.8 Å². The molecule has 0 aliphatic carbocycles. The van der Waals surface area contributed by atoms with Crippen molar-refractivity contribution in [3.63, 3.8) is 0 Å². The van der Waals surface area contributed by atoms with Crippen LogP contribution >= 0.6 is 0 Å². The number of nitrogens with zero attached hydrogens (tertiary/aromatic N) is 5. The van der Waals surface area contributed by atoms with Crippen molar-refractivity contribution in [3.8, 4) is 0 Å². The highest BCUT2D eigenvalue weighted by Crippen LogP contribution is 2.26. The van der Waals surface area contributed by atoms with Gasteiger partial charge in [-0.3, -0.25) is 38.4 Å². The average Bonchev–Trinajstić information content (AvgIpc) is 4.09. The van der Waals surface area contributed by atoms with Gasteiger partial charge in [0.2, 0.25) is 47.3 Å². The summed E-state index contributed by atoms with van der Waals surface area (Å²) in [4.78, 5) is 131. The molecule has 0 bridgehead atoms. The Balaban J connectivity index is 1.44. The molecule has 1 unspecified atom stereocenters. The Morgan fingerprint density at radius 3 is 1.69 bits per heavy atom. The van der Waals surface area contributed by atoms with E-state index in [1.807, 2.05) is 74.5 Å². The predicted molar refractivity (Wildman–Crippen MR) is 272 cm³/mol. The molecule has 2 aliphatic heterocycles. The SMILES string of the molecule is CCCCC(C)C(=O)N1CCC[C@H]1C(=O)N(C)[C@@H](Cc1ccccc1)C(=O)NCC(=O)N(C)[C@@H](C(=O)N[C@H](C(=O)NCC(=O)N(C)[C@@H](Cc1ccccc1)C(=O)N1CCC[C@H]1C(=O)OC)[C@@H](C)CC)C(C)C. The molecule has 2 aromatic carbocycles. The summed E-state index contributed by atoms with van der Waals surface area (Å²) in [6, 6.07) is 12.6. The van der Waals surface area contributed by atoms with E-state index in [4.69, 9.17) is 4.74 Å². The second-order valence-electron chi connectivity index (χ2n) is 19.8. The van der Waals surface area contributed by atoms with Gasteiger partial charge in [-0.05, 0) is 55.1 Å². The van der Waals surface area contributed by atoms with E-state index >= 15 is 0 Å². The minimum absolute atomic E-state index is 0.0725. The Labute approximate surface area is 426 Å². The smallest absolute Gasteiger partial charge is 0.328 e. The molecule has 18 nitrogen and oxygen atoms in total. The zero-order chi connectivity index (χ0) is 53.2. The molecule has 0 saturated carbocycles. The number of carbonyl (C=O) groups is 9. The zero-order valence-electron chi connectivity index (χ0n) is 44.2. The van der Waals surface area contributed by atoms with Gasteiger partial charge < -0.3 is 45.2 Å². The molecule has 2 saturated heterocycles. The number of rotatable bonds is 25. The fraction of sp³-hybridized carbons (Fsp3) is 0.611. The van der Waals surface area contributed by atoms with Gasteiger partial charge >= 0.3 is 5.97 Å². The second kappa shape index (κ2) is 28.1. The van der Waals surface area contributed by atoms with E-state index in [1.165, 1.54) is 40.8 Å². The van der Waals surface area contributed by atoms with Crippen molar-refractivity contribution in [2.24, 2.45) is 17.8 Å². The van der Waals surface area contributed by atoms with Crippen LogP contribution < -0.4 is 16.0 Å². The molecular formula is C54H80N8O10. The van der Waals surface area contributed by atoms with Crippen LogP contribution in [0.4, 0.5) is 0 Å². The van der Waals surface area contributed by atoms with Crippen molar-refractivity contribution in [1.82, 2.24) is 40.4 Å². The minimum atomic E-state index is -1.12. The van der Waals surface area contributed by atoms with E-state index in [1.54, 1.807) is 32.7 Å². The third-order valence-electron chi connectivity index (χ3n) is 14.4. The van der Waals surface area contributed by atoms with Gasteiger partial charge in [-0.1, -0.05) is 121 Å². The number of methoxy groups -OCH3 is 1. The lowest BCUT2D eigenvalue weighted by molar-refractivity contribution is -0.154. The van der Waals surface area contributed by atoms with E-state index in [0.29, 0.717) is 45.2 Å². The van der Waals surface area contributed by atoms with E-state index in [2.05, 4.69) is 22.9 Å². The number of benzene rings is 2. The molecule has 396 valence electrons. The summed E-state index contributed by atoms with van der Waals surface area (Å²) < 4.78 is 4.96. The molecule has 0 radical (unpaired) electrons. The van der Waals surface area contributed by atoms with Crippen LogP contribution in [0.25, 0.3) is 0 Å². The highest BCUT2D eigenvalue weighted by Gasteiger charge is 2.42. The summed E-state index contributed by atoms with van der Waals surface area (Å²) in [5.41, 5.74) is 1.58. The summed E-state index contributed by atoms with van der Waals surface area (Å²) in [7, 11) is 5.73. The van der Waals surface area contributed by atoms with Gasteiger partial charge in [0, 0.05) is 53.0 Å². The minimum Gasteiger partial charge on any atom is -0.467 e. The Kier molecular flexibility index (Phi) is 22.7. The number of amides is 8. The summed E-state index contributed by atoms with van der Waals surface area (Å²) >= 11 is 0. The van der Waals surface area contributed by atoms with Gasteiger partial charge in [-0.2, -0.15) is 0 Å². The normalized spacial score (nSPS) is 17.9. The van der Waals surface area contributed by atoms with Crippen molar-refractivity contribution in [1.29, 1.82) is 0 Å². The highest BCUT2D eigenvalue weighted by molar-refractivity contribution is 5.97. The molecule has 8 atom stereocenters. The number of carbonyl (C=O) groups excluding carboxylic acids is 9. The lowest BCUT2D eigenvalue weighted by atomic mass is 9.96. The fourth-order valence-corrected chi connectivity index (χ4v) is 9.66. The molecule has 72 heavy (non-hydrogen) atoms. The molecule has 2 fully saturated rings. The van der Waals surface area contributed by atoms with Crippen molar-refractivity contribution < 1.29 is 47.9 Å². The maximum atomic E-state index is 14.2.